The lowest BCUT2D eigenvalue weighted by atomic mass is 10.4. The van der Waals surface area contributed by atoms with Crippen LogP contribution in [0, 0.1) is 0 Å². The van der Waals surface area contributed by atoms with Gasteiger partial charge in [0.1, 0.15) is 11.6 Å². The second-order valence-electron chi connectivity index (χ2n) is 10.8. The summed E-state index contributed by atoms with van der Waals surface area (Å²) in [5, 5.41) is 0. The largest absolute Gasteiger partial charge is 0.377 e. The fourth-order valence-electron chi connectivity index (χ4n) is 4.87. The quantitative estimate of drug-likeness (QED) is 0.385. The molecule has 268 valence electrons. The van der Waals surface area contributed by atoms with Crippen LogP contribution in [-0.2, 0) is 37.9 Å². The van der Waals surface area contributed by atoms with E-state index in [1.807, 2.05) is 51.1 Å². The second kappa shape index (κ2) is 22.2. The molecule has 2 aliphatic heterocycles. The van der Waals surface area contributed by atoms with Crippen molar-refractivity contribution < 1.29 is 37.9 Å². The van der Waals surface area contributed by atoms with Gasteiger partial charge in [-0.05, 0) is 24.3 Å². The number of ether oxygens (including phenoxy) is 8. The highest BCUT2D eigenvalue weighted by Crippen LogP contribution is 2.31. The Hall–Kier alpha value is -3.61. The molecule has 49 heavy (non-hydrogen) atoms. The van der Waals surface area contributed by atoms with Crippen LogP contribution in [0.25, 0.3) is 0 Å². The van der Waals surface area contributed by atoms with Gasteiger partial charge in [-0.1, -0.05) is 12.1 Å². The highest BCUT2D eigenvalue weighted by atomic mass is 16.6. The first-order valence-corrected chi connectivity index (χ1v) is 16.9. The zero-order valence-electron chi connectivity index (χ0n) is 28.1. The SMILES string of the molecule is c1ccc(N(c2ccccn2)c2nc(N3CCOCCOCCOCCOCC3)nc(N3CCOCCOCCOCCOCC3)n2)nc1. The van der Waals surface area contributed by atoms with E-state index in [0.717, 1.165) is 0 Å². The topological polar surface area (TPSA) is 148 Å². The molecule has 0 aromatic carbocycles. The minimum Gasteiger partial charge on any atom is -0.377 e. The van der Waals surface area contributed by atoms with E-state index in [4.69, 9.17) is 52.8 Å². The summed E-state index contributed by atoms with van der Waals surface area (Å²) >= 11 is 0. The van der Waals surface area contributed by atoms with Gasteiger partial charge in [0.05, 0.1) is 106 Å². The van der Waals surface area contributed by atoms with Gasteiger partial charge in [0.25, 0.3) is 0 Å². The maximum absolute atomic E-state index is 5.92. The summed E-state index contributed by atoms with van der Waals surface area (Å²) in [5.74, 6) is 2.49. The number of aromatic nitrogens is 5. The first kappa shape index (κ1) is 36.7. The van der Waals surface area contributed by atoms with E-state index in [-0.39, 0.29) is 0 Å². The van der Waals surface area contributed by atoms with Crippen molar-refractivity contribution in [2.24, 2.45) is 0 Å². The fourth-order valence-corrected chi connectivity index (χ4v) is 4.87. The molecular weight excluding hydrogens is 636 g/mol. The van der Waals surface area contributed by atoms with Crippen LogP contribution in [-0.4, -0.2) is 157 Å². The Morgan fingerprint density at radius 2 is 0.735 bits per heavy atom. The van der Waals surface area contributed by atoms with Gasteiger partial charge >= 0.3 is 0 Å². The molecule has 2 saturated heterocycles. The molecule has 5 heterocycles. The Kier molecular flexibility index (Phi) is 16.6. The predicted molar refractivity (Wildman–Crippen MR) is 181 cm³/mol. The van der Waals surface area contributed by atoms with Gasteiger partial charge in [-0.25, -0.2) is 14.9 Å². The molecule has 0 amide bonds. The van der Waals surface area contributed by atoms with Crippen LogP contribution in [0.1, 0.15) is 0 Å². The van der Waals surface area contributed by atoms with E-state index in [1.165, 1.54) is 0 Å². The van der Waals surface area contributed by atoms with Crippen molar-refractivity contribution in [3.63, 3.8) is 0 Å². The lowest BCUT2D eigenvalue weighted by Gasteiger charge is -2.28. The maximum atomic E-state index is 5.92. The Labute approximate surface area is 287 Å². The van der Waals surface area contributed by atoms with Crippen molar-refractivity contribution in [2.75, 3.05) is 147 Å². The van der Waals surface area contributed by atoms with Crippen molar-refractivity contribution in [2.45, 2.75) is 0 Å². The van der Waals surface area contributed by atoms with Crippen LogP contribution in [0.2, 0.25) is 0 Å². The minimum atomic E-state index is 0.358. The molecule has 16 nitrogen and oxygen atoms in total. The number of hydrogen-bond acceptors (Lipinski definition) is 16. The molecule has 0 radical (unpaired) electrons. The number of pyridine rings is 2. The van der Waals surface area contributed by atoms with Gasteiger partial charge in [0.15, 0.2) is 0 Å². The lowest BCUT2D eigenvalue weighted by Crippen LogP contribution is -2.36. The number of nitrogens with zero attached hydrogens (tertiary/aromatic N) is 8. The third kappa shape index (κ3) is 13.0. The molecule has 0 atom stereocenters. The van der Waals surface area contributed by atoms with Crippen molar-refractivity contribution in [3.8, 4) is 0 Å². The molecule has 0 aliphatic carbocycles. The zero-order valence-corrected chi connectivity index (χ0v) is 28.1. The molecule has 0 saturated carbocycles. The van der Waals surface area contributed by atoms with Gasteiger partial charge in [-0.2, -0.15) is 15.0 Å². The van der Waals surface area contributed by atoms with Gasteiger partial charge in [0, 0.05) is 38.6 Å². The summed E-state index contributed by atoms with van der Waals surface area (Å²) in [6.45, 7) is 9.71. The van der Waals surface area contributed by atoms with Crippen LogP contribution >= 0.6 is 0 Å². The molecule has 3 aromatic heterocycles. The molecule has 16 heteroatoms. The molecule has 0 bridgehead atoms. The summed E-state index contributed by atoms with van der Waals surface area (Å²) < 4.78 is 46.1. The minimum absolute atomic E-state index is 0.358. The predicted octanol–water partition coefficient (Wildman–Crippen LogP) is 1.90. The monoisotopic (exact) mass is 684 g/mol. The van der Waals surface area contributed by atoms with E-state index >= 15 is 0 Å². The summed E-state index contributed by atoms with van der Waals surface area (Å²) in [6, 6.07) is 11.3. The zero-order chi connectivity index (χ0) is 33.6. The van der Waals surface area contributed by atoms with Crippen LogP contribution in [0.4, 0.5) is 29.5 Å². The molecule has 0 unspecified atom stereocenters. The van der Waals surface area contributed by atoms with Crippen LogP contribution in [0.3, 0.4) is 0 Å². The van der Waals surface area contributed by atoms with Gasteiger partial charge < -0.3 is 47.7 Å². The average molecular weight is 685 g/mol. The molecule has 2 fully saturated rings. The van der Waals surface area contributed by atoms with E-state index in [2.05, 4.69) is 9.97 Å². The Morgan fingerprint density at radius 3 is 1.04 bits per heavy atom. The van der Waals surface area contributed by atoms with Crippen LogP contribution < -0.4 is 14.7 Å². The maximum Gasteiger partial charge on any atom is 0.243 e. The highest BCUT2D eigenvalue weighted by molar-refractivity contribution is 5.68. The van der Waals surface area contributed by atoms with E-state index in [9.17, 15) is 0 Å². The first-order valence-electron chi connectivity index (χ1n) is 16.9. The number of rotatable bonds is 5. The third-order valence-corrected chi connectivity index (χ3v) is 7.38. The van der Waals surface area contributed by atoms with Crippen molar-refractivity contribution >= 4 is 29.5 Å². The molecule has 3 aromatic rings. The highest BCUT2D eigenvalue weighted by Gasteiger charge is 2.24. The van der Waals surface area contributed by atoms with Crippen LogP contribution in [0.15, 0.2) is 48.8 Å². The Balaban J connectivity index is 1.49. The van der Waals surface area contributed by atoms with Crippen LogP contribution in [0.5, 0.6) is 0 Å². The first-order chi connectivity index (χ1) is 24.4. The third-order valence-electron chi connectivity index (χ3n) is 7.38. The van der Waals surface area contributed by atoms with Crippen molar-refractivity contribution in [1.29, 1.82) is 0 Å². The number of hydrogen-bond donors (Lipinski definition) is 0. The average Bonchev–Trinajstić information content (AvgIpc) is 3.16. The Bertz CT molecular complexity index is 1180. The Morgan fingerprint density at radius 1 is 0.408 bits per heavy atom. The van der Waals surface area contributed by atoms with E-state index < -0.39 is 0 Å². The standard InChI is InChI=1S/C33H48N8O8/c1-3-7-34-29(5-1)41(30-6-2-4-8-35-30)33-37-31(39-9-13-42-17-21-46-25-26-47-22-18-43-14-10-39)36-32(38-33)40-11-15-44-19-23-48-27-28-49-24-20-45-16-12-40/h1-8H,9-28H2. The summed E-state index contributed by atoms with van der Waals surface area (Å²) in [5.41, 5.74) is 0. The molecular formula is C33H48N8O8. The second-order valence-corrected chi connectivity index (χ2v) is 10.8. The fraction of sp³-hybridized carbons (Fsp3) is 0.606. The molecule has 5 rings (SSSR count). The smallest absolute Gasteiger partial charge is 0.243 e. The van der Waals surface area contributed by atoms with E-state index in [1.54, 1.807) is 12.4 Å². The molecule has 2 aliphatic rings. The summed E-state index contributed by atoms with van der Waals surface area (Å²) in [6.07, 6.45) is 3.45. The van der Waals surface area contributed by atoms with Gasteiger partial charge in [-0.3, -0.25) is 0 Å². The summed E-state index contributed by atoms with van der Waals surface area (Å²) in [7, 11) is 0. The normalized spacial score (nSPS) is 19.5. The molecule has 0 spiro atoms. The lowest BCUT2D eigenvalue weighted by molar-refractivity contribution is 0.00206. The van der Waals surface area contributed by atoms with Crippen molar-refractivity contribution in [3.05, 3.63) is 48.8 Å². The van der Waals surface area contributed by atoms with Crippen molar-refractivity contribution in [1.82, 2.24) is 24.9 Å². The molecule has 0 N–H and O–H groups in total. The number of anilines is 5. The van der Waals surface area contributed by atoms with Gasteiger partial charge in [-0.15, -0.1) is 0 Å². The summed E-state index contributed by atoms with van der Waals surface area (Å²) in [4.78, 5) is 30.2. The van der Waals surface area contributed by atoms with Gasteiger partial charge in [0.2, 0.25) is 17.8 Å². The van der Waals surface area contributed by atoms with E-state index in [0.29, 0.717) is 161 Å².